The maximum atomic E-state index is 13.5. The van der Waals surface area contributed by atoms with Crippen LogP contribution in [-0.4, -0.2) is 9.78 Å². The number of hydrogen-bond acceptors (Lipinski definition) is 2. The first-order valence-corrected chi connectivity index (χ1v) is 4.81. The lowest BCUT2D eigenvalue weighted by Crippen LogP contribution is -2.21. The Morgan fingerprint density at radius 1 is 1.17 bits per heavy atom. The maximum absolute atomic E-state index is 13.5. The summed E-state index contributed by atoms with van der Waals surface area (Å²) in [4.78, 5) is 11.4. The van der Waals surface area contributed by atoms with Crippen LogP contribution < -0.4 is 5.56 Å². The molecule has 0 saturated carbocycles. The van der Waals surface area contributed by atoms with Crippen molar-refractivity contribution in [1.29, 1.82) is 0 Å². The lowest BCUT2D eigenvalue weighted by atomic mass is 10.2. The van der Waals surface area contributed by atoms with Crippen molar-refractivity contribution in [2.75, 3.05) is 0 Å². The predicted octanol–water partition coefficient (Wildman–Crippen LogP) is 2.39. The Morgan fingerprint density at radius 2 is 1.89 bits per heavy atom. The first-order chi connectivity index (χ1) is 8.39. The SMILES string of the molecule is O=c1cccnn1-c1cc(C(F)(F)F)ccc1F. The fraction of sp³-hybridized carbons (Fsp3) is 0.0909. The van der Waals surface area contributed by atoms with Gasteiger partial charge in [-0.25, -0.2) is 4.39 Å². The minimum absolute atomic E-state index is 0.532. The molecule has 1 heterocycles. The first-order valence-electron chi connectivity index (χ1n) is 4.81. The van der Waals surface area contributed by atoms with Crippen LogP contribution in [0.5, 0.6) is 0 Å². The van der Waals surface area contributed by atoms with E-state index in [-0.39, 0.29) is 0 Å². The van der Waals surface area contributed by atoms with Crippen molar-refractivity contribution in [2.45, 2.75) is 6.18 Å². The summed E-state index contributed by atoms with van der Waals surface area (Å²) in [6, 6.07) is 4.19. The molecule has 0 unspecified atom stereocenters. The van der Waals surface area contributed by atoms with Gasteiger partial charge in [0, 0.05) is 12.3 Å². The minimum Gasteiger partial charge on any atom is -0.267 e. The fourth-order valence-electron chi connectivity index (χ4n) is 1.39. The summed E-state index contributed by atoms with van der Waals surface area (Å²) in [7, 11) is 0. The van der Waals surface area contributed by atoms with Gasteiger partial charge in [0.2, 0.25) is 0 Å². The summed E-state index contributed by atoms with van der Waals surface area (Å²) in [5, 5.41) is 3.53. The predicted molar refractivity (Wildman–Crippen MR) is 54.8 cm³/mol. The van der Waals surface area contributed by atoms with Gasteiger partial charge < -0.3 is 0 Å². The van der Waals surface area contributed by atoms with E-state index in [1.54, 1.807) is 0 Å². The Morgan fingerprint density at radius 3 is 2.50 bits per heavy atom. The van der Waals surface area contributed by atoms with Gasteiger partial charge in [-0.05, 0) is 24.3 Å². The quantitative estimate of drug-likeness (QED) is 0.736. The second-order valence-electron chi connectivity index (χ2n) is 3.44. The Kier molecular flexibility index (Phi) is 2.90. The number of rotatable bonds is 1. The van der Waals surface area contributed by atoms with Gasteiger partial charge in [-0.15, -0.1) is 0 Å². The number of benzene rings is 1. The molecule has 0 amide bonds. The van der Waals surface area contributed by atoms with E-state index in [9.17, 15) is 22.4 Å². The van der Waals surface area contributed by atoms with Gasteiger partial charge in [0.15, 0.2) is 0 Å². The van der Waals surface area contributed by atoms with Crippen LogP contribution in [0.4, 0.5) is 17.6 Å². The summed E-state index contributed by atoms with van der Waals surface area (Å²) in [6.07, 6.45) is -3.43. The molecule has 2 aromatic rings. The Balaban J connectivity index is 2.65. The normalized spacial score (nSPS) is 11.6. The van der Waals surface area contributed by atoms with Crippen molar-refractivity contribution in [3.8, 4) is 5.69 Å². The zero-order valence-corrected chi connectivity index (χ0v) is 8.78. The summed E-state index contributed by atoms with van der Waals surface area (Å²) in [5.74, 6) is -0.955. The van der Waals surface area contributed by atoms with Crippen molar-refractivity contribution in [3.63, 3.8) is 0 Å². The zero-order chi connectivity index (χ0) is 13.3. The molecule has 0 radical (unpaired) electrons. The number of alkyl halides is 3. The fourth-order valence-corrected chi connectivity index (χ4v) is 1.39. The molecular formula is C11H6F4N2O. The van der Waals surface area contributed by atoms with Gasteiger partial charge in [-0.3, -0.25) is 4.79 Å². The average Bonchev–Trinajstić information content (AvgIpc) is 2.29. The molecule has 94 valence electrons. The summed E-state index contributed by atoms with van der Waals surface area (Å²) in [5.41, 5.74) is -2.29. The van der Waals surface area contributed by atoms with Crippen LogP contribution >= 0.6 is 0 Å². The zero-order valence-electron chi connectivity index (χ0n) is 8.78. The highest BCUT2D eigenvalue weighted by Crippen LogP contribution is 2.30. The molecule has 7 heteroatoms. The van der Waals surface area contributed by atoms with Crippen molar-refractivity contribution >= 4 is 0 Å². The topological polar surface area (TPSA) is 34.9 Å². The summed E-state index contributed by atoms with van der Waals surface area (Å²) in [6.45, 7) is 0. The molecule has 0 aliphatic heterocycles. The molecule has 0 fully saturated rings. The third-order valence-electron chi connectivity index (χ3n) is 2.22. The number of halogens is 4. The lowest BCUT2D eigenvalue weighted by Gasteiger charge is -2.10. The molecule has 0 N–H and O–H groups in total. The molecule has 0 spiro atoms. The monoisotopic (exact) mass is 258 g/mol. The van der Waals surface area contributed by atoms with Crippen LogP contribution in [0.3, 0.4) is 0 Å². The summed E-state index contributed by atoms with van der Waals surface area (Å²) < 4.78 is 51.5. The van der Waals surface area contributed by atoms with Crippen molar-refractivity contribution in [1.82, 2.24) is 9.78 Å². The number of aromatic nitrogens is 2. The van der Waals surface area contributed by atoms with Crippen molar-refractivity contribution in [2.24, 2.45) is 0 Å². The van der Waals surface area contributed by atoms with E-state index in [4.69, 9.17) is 0 Å². The smallest absolute Gasteiger partial charge is 0.267 e. The van der Waals surface area contributed by atoms with Crippen LogP contribution in [0.25, 0.3) is 5.69 Å². The third kappa shape index (κ3) is 2.24. The van der Waals surface area contributed by atoms with E-state index in [0.717, 1.165) is 6.07 Å². The summed E-state index contributed by atoms with van der Waals surface area (Å²) >= 11 is 0. The molecule has 0 saturated heterocycles. The van der Waals surface area contributed by atoms with Crippen LogP contribution in [-0.2, 0) is 6.18 Å². The molecular weight excluding hydrogens is 252 g/mol. The highest BCUT2D eigenvalue weighted by atomic mass is 19.4. The van der Waals surface area contributed by atoms with Gasteiger partial charge in [-0.2, -0.15) is 23.0 Å². The van der Waals surface area contributed by atoms with E-state index in [1.165, 1.54) is 12.3 Å². The maximum Gasteiger partial charge on any atom is 0.416 e. The Bertz CT molecular complexity index is 633. The molecule has 0 bridgehead atoms. The van der Waals surface area contributed by atoms with E-state index in [0.29, 0.717) is 22.9 Å². The number of hydrogen-bond donors (Lipinski definition) is 0. The van der Waals surface area contributed by atoms with Gasteiger partial charge in [0.1, 0.15) is 11.5 Å². The Labute approximate surface area is 98.3 Å². The van der Waals surface area contributed by atoms with E-state index >= 15 is 0 Å². The lowest BCUT2D eigenvalue weighted by molar-refractivity contribution is -0.137. The van der Waals surface area contributed by atoms with E-state index < -0.39 is 28.8 Å². The van der Waals surface area contributed by atoms with Gasteiger partial charge in [0.25, 0.3) is 5.56 Å². The van der Waals surface area contributed by atoms with Gasteiger partial charge >= 0.3 is 6.18 Å². The third-order valence-corrected chi connectivity index (χ3v) is 2.22. The van der Waals surface area contributed by atoms with E-state index in [1.807, 2.05) is 0 Å². The highest BCUT2D eigenvalue weighted by molar-refractivity contribution is 5.37. The molecule has 0 atom stereocenters. The van der Waals surface area contributed by atoms with Gasteiger partial charge in [-0.1, -0.05) is 0 Å². The Hall–Kier alpha value is -2.18. The van der Waals surface area contributed by atoms with Crippen LogP contribution in [0, 0.1) is 5.82 Å². The van der Waals surface area contributed by atoms with Crippen LogP contribution in [0.15, 0.2) is 41.3 Å². The second-order valence-corrected chi connectivity index (χ2v) is 3.44. The van der Waals surface area contributed by atoms with Gasteiger partial charge in [0.05, 0.1) is 5.56 Å². The minimum atomic E-state index is -4.61. The molecule has 18 heavy (non-hydrogen) atoms. The van der Waals surface area contributed by atoms with Crippen molar-refractivity contribution < 1.29 is 17.6 Å². The number of nitrogens with zero attached hydrogens (tertiary/aromatic N) is 2. The molecule has 0 aliphatic carbocycles. The van der Waals surface area contributed by atoms with Crippen LogP contribution in [0.2, 0.25) is 0 Å². The van der Waals surface area contributed by atoms with Crippen molar-refractivity contribution in [3.05, 3.63) is 58.3 Å². The highest BCUT2D eigenvalue weighted by Gasteiger charge is 2.31. The molecule has 3 nitrogen and oxygen atoms in total. The van der Waals surface area contributed by atoms with E-state index in [2.05, 4.69) is 5.10 Å². The average molecular weight is 258 g/mol. The van der Waals surface area contributed by atoms with Crippen LogP contribution in [0.1, 0.15) is 5.56 Å². The second kappa shape index (κ2) is 4.25. The standard InChI is InChI=1S/C11H6F4N2O/c12-8-4-3-7(11(13,14)15)6-9(8)17-10(18)2-1-5-16-17/h1-6H. The molecule has 2 rings (SSSR count). The molecule has 1 aromatic heterocycles. The first kappa shape index (κ1) is 12.3. The molecule has 1 aromatic carbocycles. The largest absolute Gasteiger partial charge is 0.416 e. The molecule has 0 aliphatic rings.